The fourth-order valence-electron chi connectivity index (χ4n) is 2.01. The van der Waals surface area contributed by atoms with E-state index in [1.165, 1.54) is 0 Å². The zero-order valence-corrected chi connectivity index (χ0v) is 13.4. The molecule has 0 bridgehead atoms. The van der Waals surface area contributed by atoms with Crippen LogP contribution in [0.5, 0.6) is 0 Å². The van der Waals surface area contributed by atoms with Crippen LogP contribution in [0.4, 0.5) is 0 Å². The van der Waals surface area contributed by atoms with E-state index in [2.05, 4.69) is 19.2 Å². The molecule has 0 aromatic heterocycles. The van der Waals surface area contributed by atoms with Gasteiger partial charge < -0.3 is 5.32 Å². The highest BCUT2D eigenvalue weighted by molar-refractivity contribution is 7.84. The lowest BCUT2D eigenvalue weighted by Crippen LogP contribution is -2.34. The van der Waals surface area contributed by atoms with E-state index in [1.807, 2.05) is 24.3 Å². The molecular weight excluding hydrogens is 278 g/mol. The van der Waals surface area contributed by atoms with Crippen LogP contribution in [-0.4, -0.2) is 22.5 Å². The summed E-state index contributed by atoms with van der Waals surface area (Å²) in [7, 11) is -0.863. The molecular formula is C15H24ClNOS. The molecule has 0 aliphatic carbocycles. The summed E-state index contributed by atoms with van der Waals surface area (Å²) in [6.45, 7) is 5.31. The lowest BCUT2D eigenvalue weighted by molar-refractivity contribution is 0.510. The van der Waals surface area contributed by atoms with E-state index in [4.69, 9.17) is 11.6 Å². The third-order valence-electron chi connectivity index (χ3n) is 2.98. The fourth-order valence-corrected chi connectivity index (χ4v) is 3.74. The van der Waals surface area contributed by atoms with Crippen molar-refractivity contribution in [3.8, 4) is 0 Å². The van der Waals surface area contributed by atoms with E-state index in [-0.39, 0.29) is 0 Å². The second-order valence-corrected chi connectivity index (χ2v) is 6.69. The third kappa shape index (κ3) is 6.55. The number of halogens is 1. The van der Waals surface area contributed by atoms with Gasteiger partial charge in [-0.15, -0.1) is 0 Å². The minimum Gasteiger partial charge on any atom is -0.313 e. The Kier molecular flexibility index (Phi) is 8.35. The van der Waals surface area contributed by atoms with Gasteiger partial charge in [0, 0.05) is 27.6 Å². The van der Waals surface area contributed by atoms with Crippen molar-refractivity contribution in [2.45, 2.75) is 44.9 Å². The standard InChI is InChI=1S/C15H24ClNOS/c1-3-7-14(17-10-4-2)12-19(18)11-13-8-5-6-9-15(13)16/h5-6,8-9,14,17H,3-4,7,10-12H2,1-2H3. The van der Waals surface area contributed by atoms with Gasteiger partial charge in [0.1, 0.15) is 0 Å². The number of hydrogen-bond acceptors (Lipinski definition) is 2. The molecule has 0 saturated heterocycles. The average Bonchev–Trinajstić information content (AvgIpc) is 2.39. The normalized spacial score (nSPS) is 14.3. The average molecular weight is 302 g/mol. The molecule has 1 N–H and O–H groups in total. The summed E-state index contributed by atoms with van der Waals surface area (Å²) in [6.07, 6.45) is 3.30. The van der Waals surface area contributed by atoms with Crippen molar-refractivity contribution < 1.29 is 4.21 Å². The SMILES string of the molecule is CCCNC(CCC)CS(=O)Cc1ccccc1Cl. The second kappa shape index (κ2) is 9.51. The highest BCUT2D eigenvalue weighted by atomic mass is 35.5. The number of benzene rings is 1. The van der Waals surface area contributed by atoms with Crippen molar-refractivity contribution in [3.05, 3.63) is 34.9 Å². The molecule has 2 unspecified atom stereocenters. The molecule has 19 heavy (non-hydrogen) atoms. The Morgan fingerprint density at radius 1 is 1.26 bits per heavy atom. The summed E-state index contributed by atoms with van der Waals surface area (Å²) >= 11 is 6.10. The van der Waals surface area contributed by atoms with Gasteiger partial charge >= 0.3 is 0 Å². The van der Waals surface area contributed by atoms with E-state index >= 15 is 0 Å². The van der Waals surface area contributed by atoms with E-state index < -0.39 is 10.8 Å². The van der Waals surface area contributed by atoms with Gasteiger partial charge in [-0.1, -0.05) is 50.1 Å². The van der Waals surface area contributed by atoms with Gasteiger partial charge in [0.25, 0.3) is 0 Å². The highest BCUT2D eigenvalue weighted by Crippen LogP contribution is 2.17. The number of rotatable bonds is 9. The Labute approximate surface area is 124 Å². The maximum atomic E-state index is 12.2. The Morgan fingerprint density at radius 2 is 2.00 bits per heavy atom. The van der Waals surface area contributed by atoms with E-state index in [0.29, 0.717) is 22.6 Å². The lowest BCUT2D eigenvalue weighted by Gasteiger charge is -2.17. The molecule has 2 atom stereocenters. The van der Waals surface area contributed by atoms with Crippen LogP contribution in [0.2, 0.25) is 5.02 Å². The van der Waals surface area contributed by atoms with Gasteiger partial charge in [0.15, 0.2) is 0 Å². The molecule has 0 fully saturated rings. The van der Waals surface area contributed by atoms with Gasteiger partial charge in [-0.05, 0) is 31.0 Å². The van der Waals surface area contributed by atoms with Crippen molar-refractivity contribution in [2.75, 3.05) is 12.3 Å². The van der Waals surface area contributed by atoms with E-state index in [1.54, 1.807) is 0 Å². The van der Waals surface area contributed by atoms with Crippen LogP contribution in [0.25, 0.3) is 0 Å². The summed E-state index contributed by atoms with van der Waals surface area (Å²) in [5.74, 6) is 1.26. The largest absolute Gasteiger partial charge is 0.313 e. The van der Waals surface area contributed by atoms with Crippen LogP contribution in [-0.2, 0) is 16.6 Å². The first-order valence-electron chi connectivity index (χ1n) is 6.99. The molecule has 108 valence electrons. The number of nitrogens with one attached hydrogen (secondary N) is 1. The Morgan fingerprint density at radius 3 is 2.63 bits per heavy atom. The van der Waals surface area contributed by atoms with Gasteiger partial charge in [-0.3, -0.25) is 4.21 Å². The third-order valence-corrected chi connectivity index (χ3v) is 4.76. The molecule has 0 aliphatic rings. The zero-order chi connectivity index (χ0) is 14.1. The van der Waals surface area contributed by atoms with Gasteiger partial charge in [-0.25, -0.2) is 0 Å². The van der Waals surface area contributed by atoms with Crippen molar-refractivity contribution in [3.63, 3.8) is 0 Å². The Balaban J connectivity index is 2.50. The summed E-state index contributed by atoms with van der Waals surface area (Å²) in [4.78, 5) is 0. The molecule has 1 rings (SSSR count). The first-order valence-corrected chi connectivity index (χ1v) is 8.85. The fraction of sp³-hybridized carbons (Fsp3) is 0.600. The zero-order valence-electron chi connectivity index (χ0n) is 11.8. The molecule has 0 heterocycles. The van der Waals surface area contributed by atoms with Crippen LogP contribution in [0.3, 0.4) is 0 Å². The molecule has 4 heteroatoms. The predicted molar refractivity (Wildman–Crippen MR) is 85.2 cm³/mol. The van der Waals surface area contributed by atoms with Gasteiger partial charge in [0.05, 0.1) is 5.75 Å². The van der Waals surface area contributed by atoms with E-state index in [0.717, 1.165) is 31.4 Å². The van der Waals surface area contributed by atoms with Crippen molar-refractivity contribution >= 4 is 22.4 Å². The van der Waals surface area contributed by atoms with Crippen LogP contribution >= 0.6 is 11.6 Å². The topological polar surface area (TPSA) is 29.1 Å². The van der Waals surface area contributed by atoms with Crippen molar-refractivity contribution in [1.82, 2.24) is 5.32 Å². The van der Waals surface area contributed by atoms with E-state index in [9.17, 15) is 4.21 Å². The van der Waals surface area contributed by atoms with Crippen LogP contribution in [0.1, 0.15) is 38.7 Å². The molecule has 0 aliphatic heterocycles. The predicted octanol–water partition coefficient (Wildman–Crippen LogP) is 3.76. The number of hydrogen-bond donors (Lipinski definition) is 1. The first kappa shape index (κ1) is 16.7. The maximum Gasteiger partial charge on any atom is 0.0501 e. The Bertz CT molecular complexity index is 397. The molecule has 2 nitrogen and oxygen atoms in total. The molecule has 0 saturated carbocycles. The molecule has 1 aromatic rings. The van der Waals surface area contributed by atoms with Crippen LogP contribution < -0.4 is 5.32 Å². The summed E-state index contributed by atoms with van der Waals surface area (Å²) in [5, 5.41) is 4.19. The minimum atomic E-state index is -0.863. The maximum absolute atomic E-state index is 12.2. The summed E-state index contributed by atoms with van der Waals surface area (Å²) in [5.41, 5.74) is 0.980. The minimum absolute atomic E-state index is 0.355. The smallest absolute Gasteiger partial charge is 0.0501 e. The molecule has 0 radical (unpaired) electrons. The molecule has 0 spiro atoms. The second-order valence-electron chi connectivity index (χ2n) is 4.78. The van der Waals surface area contributed by atoms with Crippen LogP contribution in [0, 0.1) is 0 Å². The quantitative estimate of drug-likeness (QED) is 0.752. The summed E-state index contributed by atoms with van der Waals surface area (Å²) < 4.78 is 12.2. The first-order chi connectivity index (χ1) is 9.17. The monoisotopic (exact) mass is 301 g/mol. The van der Waals surface area contributed by atoms with Crippen molar-refractivity contribution in [2.24, 2.45) is 0 Å². The van der Waals surface area contributed by atoms with Gasteiger partial charge in [0.2, 0.25) is 0 Å². The van der Waals surface area contributed by atoms with Crippen LogP contribution in [0.15, 0.2) is 24.3 Å². The van der Waals surface area contributed by atoms with Crippen molar-refractivity contribution in [1.29, 1.82) is 0 Å². The Hall–Kier alpha value is -0.380. The lowest BCUT2D eigenvalue weighted by atomic mass is 10.2. The molecule has 1 aromatic carbocycles. The highest BCUT2D eigenvalue weighted by Gasteiger charge is 2.12. The molecule has 0 amide bonds. The summed E-state index contributed by atoms with van der Waals surface area (Å²) in [6, 6.07) is 8.00. The van der Waals surface area contributed by atoms with Gasteiger partial charge in [-0.2, -0.15) is 0 Å².